The van der Waals surface area contributed by atoms with Gasteiger partial charge in [0.25, 0.3) is 0 Å². The van der Waals surface area contributed by atoms with Gasteiger partial charge in [0, 0.05) is 9.50 Å². The van der Waals surface area contributed by atoms with E-state index in [9.17, 15) is 0 Å². The average Bonchev–Trinajstić information content (AvgIpc) is 2.40. The van der Waals surface area contributed by atoms with Gasteiger partial charge in [-0.05, 0) is 47.2 Å². The van der Waals surface area contributed by atoms with E-state index in [2.05, 4.69) is 22.0 Å². The summed E-state index contributed by atoms with van der Waals surface area (Å²) >= 11 is 9.50. The third-order valence-electron chi connectivity index (χ3n) is 2.83. The number of hydrogen-bond acceptors (Lipinski definition) is 1. The third kappa shape index (κ3) is 2.75. The highest BCUT2D eigenvalue weighted by Gasteiger charge is 2.02. The van der Waals surface area contributed by atoms with Crippen LogP contribution in [-0.2, 0) is 0 Å². The Morgan fingerprint density at radius 1 is 0.842 bits per heavy atom. The van der Waals surface area contributed by atoms with Crippen molar-refractivity contribution in [1.82, 2.24) is 0 Å². The molecule has 3 aromatic rings. The van der Waals surface area contributed by atoms with Crippen LogP contribution in [0.4, 0.5) is 0 Å². The summed E-state index contributed by atoms with van der Waals surface area (Å²) in [7, 11) is 0. The SMILES string of the molecule is Clc1cccc(Oc2ccc3cccc(Br)c3c2)c1. The molecule has 3 aromatic carbocycles. The first-order chi connectivity index (χ1) is 9.22. The van der Waals surface area contributed by atoms with Crippen molar-refractivity contribution in [3.8, 4) is 11.5 Å². The maximum atomic E-state index is 5.94. The molecule has 0 radical (unpaired) electrons. The van der Waals surface area contributed by atoms with Crippen molar-refractivity contribution in [2.24, 2.45) is 0 Å². The number of rotatable bonds is 2. The second-order valence-electron chi connectivity index (χ2n) is 4.18. The zero-order chi connectivity index (χ0) is 13.2. The zero-order valence-electron chi connectivity index (χ0n) is 9.94. The Bertz CT molecular complexity index is 740. The van der Waals surface area contributed by atoms with Crippen LogP contribution in [0.25, 0.3) is 10.8 Å². The first kappa shape index (κ1) is 12.5. The molecule has 0 spiro atoms. The van der Waals surface area contributed by atoms with Crippen LogP contribution in [0.3, 0.4) is 0 Å². The molecule has 0 saturated carbocycles. The van der Waals surface area contributed by atoms with Crippen LogP contribution in [0.2, 0.25) is 5.02 Å². The van der Waals surface area contributed by atoms with E-state index in [0.29, 0.717) is 5.02 Å². The van der Waals surface area contributed by atoms with E-state index in [0.717, 1.165) is 21.4 Å². The van der Waals surface area contributed by atoms with Crippen molar-refractivity contribution in [2.75, 3.05) is 0 Å². The Morgan fingerprint density at radius 3 is 2.47 bits per heavy atom. The maximum Gasteiger partial charge on any atom is 0.128 e. The maximum absolute atomic E-state index is 5.94. The van der Waals surface area contributed by atoms with Crippen LogP contribution >= 0.6 is 27.5 Å². The Morgan fingerprint density at radius 2 is 1.63 bits per heavy atom. The van der Waals surface area contributed by atoms with Crippen LogP contribution in [-0.4, -0.2) is 0 Å². The second-order valence-corrected chi connectivity index (χ2v) is 5.47. The van der Waals surface area contributed by atoms with Crippen LogP contribution in [0.15, 0.2) is 65.1 Å². The van der Waals surface area contributed by atoms with Gasteiger partial charge in [0.1, 0.15) is 11.5 Å². The van der Waals surface area contributed by atoms with Gasteiger partial charge in [0.15, 0.2) is 0 Å². The molecule has 0 bridgehead atoms. The molecule has 0 amide bonds. The molecular formula is C16H10BrClO. The van der Waals surface area contributed by atoms with Crippen LogP contribution in [0.5, 0.6) is 11.5 Å². The van der Waals surface area contributed by atoms with Gasteiger partial charge >= 0.3 is 0 Å². The minimum Gasteiger partial charge on any atom is -0.457 e. The van der Waals surface area contributed by atoms with Crippen molar-refractivity contribution in [2.45, 2.75) is 0 Å². The highest BCUT2D eigenvalue weighted by molar-refractivity contribution is 9.10. The highest BCUT2D eigenvalue weighted by Crippen LogP contribution is 2.30. The number of ether oxygens (including phenoxy) is 1. The molecule has 1 nitrogen and oxygen atoms in total. The lowest BCUT2D eigenvalue weighted by Gasteiger charge is -2.08. The largest absolute Gasteiger partial charge is 0.457 e. The summed E-state index contributed by atoms with van der Waals surface area (Å²) in [5, 5.41) is 2.97. The fourth-order valence-corrected chi connectivity index (χ4v) is 2.62. The van der Waals surface area contributed by atoms with E-state index in [1.54, 1.807) is 6.07 Å². The molecule has 0 fully saturated rings. The normalized spacial score (nSPS) is 10.6. The van der Waals surface area contributed by atoms with E-state index in [1.165, 1.54) is 5.39 Å². The predicted octanol–water partition coefficient (Wildman–Crippen LogP) is 6.05. The molecule has 0 aliphatic heterocycles. The van der Waals surface area contributed by atoms with Gasteiger partial charge in [-0.1, -0.05) is 51.8 Å². The molecule has 0 aliphatic rings. The summed E-state index contributed by atoms with van der Waals surface area (Å²) in [5.74, 6) is 1.53. The summed E-state index contributed by atoms with van der Waals surface area (Å²) < 4.78 is 6.87. The third-order valence-corrected chi connectivity index (χ3v) is 3.76. The standard InChI is InChI=1S/C16H10BrClO/c17-16-6-1-3-11-7-8-14(10-15(11)16)19-13-5-2-4-12(18)9-13/h1-10H. The van der Waals surface area contributed by atoms with Gasteiger partial charge < -0.3 is 4.74 Å². The molecule has 94 valence electrons. The molecule has 0 saturated heterocycles. The summed E-state index contributed by atoms with van der Waals surface area (Å²) in [6.45, 7) is 0. The Balaban J connectivity index is 2.00. The van der Waals surface area contributed by atoms with Crippen molar-refractivity contribution in [1.29, 1.82) is 0 Å². The molecule has 19 heavy (non-hydrogen) atoms. The summed E-state index contributed by atoms with van der Waals surface area (Å²) in [6.07, 6.45) is 0. The minimum atomic E-state index is 0.666. The van der Waals surface area contributed by atoms with Crippen LogP contribution in [0, 0.1) is 0 Å². The quantitative estimate of drug-likeness (QED) is 0.555. The van der Waals surface area contributed by atoms with Crippen molar-refractivity contribution >= 4 is 38.3 Å². The summed E-state index contributed by atoms with van der Waals surface area (Å²) in [4.78, 5) is 0. The summed E-state index contributed by atoms with van der Waals surface area (Å²) in [5.41, 5.74) is 0. The van der Waals surface area contributed by atoms with E-state index in [4.69, 9.17) is 16.3 Å². The molecule has 0 heterocycles. The van der Waals surface area contributed by atoms with E-state index < -0.39 is 0 Å². The zero-order valence-corrected chi connectivity index (χ0v) is 12.3. The van der Waals surface area contributed by atoms with Crippen LogP contribution < -0.4 is 4.74 Å². The lowest BCUT2D eigenvalue weighted by Crippen LogP contribution is -1.84. The molecule has 0 unspecified atom stereocenters. The number of hydrogen-bond donors (Lipinski definition) is 0. The first-order valence-corrected chi connectivity index (χ1v) is 7.01. The molecule has 0 aliphatic carbocycles. The van der Waals surface area contributed by atoms with E-state index in [1.807, 2.05) is 48.5 Å². The average molecular weight is 334 g/mol. The van der Waals surface area contributed by atoms with Gasteiger partial charge in [-0.15, -0.1) is 0 Å². The Hall–Kier alpha value is -1.51. The Labute approximate surface area is 124 Å². The predicted molar refractivity (Wildman–Crippen MR) is 83.2 cm³/mol. The van der Waals surface area contributed by atoms with E-state index in [-0.39, 0.29) is 0 Å². The Kier molecular flexibility index (Phi) is 3.45. The van der Waals surface area contributed by atoms with Gasteiger partial charge in [-0.2, -0.15) is 0 Å². The van der Waals surface area contributed by atoms with Crippen molar-refractivity contribution in [3.05, 3.63) is 70.2 Å². The molecule has 0 atom stereocenters. The highest BCUT2D eigenvalue weighted by atomic mass is 79.9. The number of fused-ring (bicyclic) bond motifs is 1. The molecule has 0 N–H and O–H groups in total. The molecule has 3 heteroatoms. The van der Waals surface area contributed by atoms with Crippen molar-refractivity contribution < 1.29 is 4.74 Å². The molecular weight excluding hydrogens is 324 g/mol. The van der Waals surface area contributed by atoms with E-state index >= 15 is 0 Å². The second kappa shape index (κ2) is 5.24. The molecule has 3 rings (SSSR count). The summed E-state index contributed by atoms with van der Waals surface area (Å²) in [6, 6.07) is 19.5. The van der Waals surface area contributed by atoms with Crippen molar-refractivity contribution in [3.63, 3.8) is 0 Å². The topological polar surface area (TPSA) is 9.23 Å². The monoisotopic (exact) mass is 332 g/mol. The number of benzene rings is 3. The van der Waals surface area contributed by atoms with Crippen LogP contribution in [0.1, 0.15) is 0 Å². The van der Waals surface area contributed by atoms with Gasteiger partial charge in [0.2, 0.25) is 0 Å². The minimum absolute atomic E-state index is 0.666. The van der Waals surface area contributed by atoms with Gasteiger partial charge in [-0.3, -0.25) is 0 Å². The lowest BCUT2D eigenvalue weighted by molar-refractivity contribution is 0.483. The smallest absolute Gasteiger partial charge is 0.128 e. The van der Waals surface area contributed by atoms with Gasteiger partial charge in [0.05, 0.1) is 0 Å². The first-order valence-electron chi connectivity index (χ1n) is 5.84. The van der Waals surface area contributed by atoms with Gasteiger partial charge in [-0.25, -0.2) is 0 Å². The number of halogens is 2. The fraction of sp³-hybridized carbons (Fsp3) is 0. The molecule has 0 aromatic heterocycles. The fourth-order valence-electron chi connectivity index (χ4n) is 1.94. The lowest BCUT2D eigenvalue weighted by atomic mass is 10.1.